The Morgan fingerprint density at radius 1 is 1.27 bits per heavy atom. The first-order valence-electron chi connectivity index (χ1n) is 8.17. The van der Waals surface area contributed by atoms with Gasteiger partial charge in [-0.05, 0) is 38.0 Å². The summed E-state index contributed by atoms with van der Waals surface area (Å²) in [5.74, 6) is 0.976. The second-order valence-electron chi connectivity index (χ2n) is 6.18. The van der Waals surface area contributed by atoms with E-state index in [0.29, 0.717) is 18.2 Å². The van der Waals surface area contributed by atoms with Gasteiger partial charge in [0, 0.05) is 13.1 Å². The van der Waals surface area contributed by atoms with Crippen molar-refractivity contribution in [2.45, 2.75) is 46.0 Å². The van der Waals surface area contributed by atoms with Crippen LogP contribution in [0.1, 0.15) is 56.4 Å². The minimum absolute atomic E-state index is 0.167. The number of carbonyl (C=O) groups is 1. The Morgan fingerprint density at radius 3 is 2.77 bits per heavy atom. The molecule has 1 aliphatic carbocycles. The number of rotatable bonds is 7. The maximum absolute atomic E-state index is 11.8. The van der Waals surface area contributed by atoms with E-state index in [9.17, 15) is 4.79 Å². The number of anilines is 1. The summed E-state index contributed by atoms with van der Waals surface area (Å²) in [6.07, 6.45) is 11.6. The fourth-order valence-electron chi connectivity index (χ4n) is 2.41. The topological polar surface area (TPSA) is 66.9 Å². The SMILES string of the molecule is CC(C)CNC(=O)c1cnc(NCCC2=CCCCC2)cn1. The summed E-state index contributed by atoms with van der Waals surface area (Å²) in [5.41, 5.74) is 1.90. The molecule has 2 rings (SSSR count). The summed E-state index contributed by atoms with van der Waals surface area (Å²) >= 11 is 0. The van der Waals surface area contributed by atoms with Crippen LogP contribution < -0.4 is 10.6 Å². The fourth-order valence-corrected chi connectivity index (χ4v) is 2.41. The lowest BCUT2D eigenvalue weighted by atomic mass is 9.97. The van der Waals surface area contributed by atoms with Gasteiger partial charge >= 0.3 is 0 Å². The summed E-state index contributed by atoms with van der Waals surface area (Å²) in [6.45, 7) is 5.62. The molecule has 1 aromatic rings. The Bertz CT molecular complexity index is 508. The molecule has 0 aromatic carbocycles. The van der Waals surface area contributed by atoms with E-state index in [0.717, 1.165) is 18.8 Å². The highest BCUT2D eigenvalue weighted by molar-refractivity contribution is 5.91. The van der Waals surface area contributed by atoms with Crippen LogP contribution in [-0.2, 0) is 0 Å². The molecule has 0 bridgehead atoms. The first-order valence-corrected chi connectivity index (χ1v) is 8.17. The van der Waals surface area contributed by atoms with E-state index in [4.69, 9.17) is 0 Å². The van der Waals surface area contributed by atoms with Gasteiger partial charge in [-0.25, -0.2) is 9.97 Å². The molecule has 0 saturated heterocycles. The molecule has 0 saturated carbocycles. The van der Waals surface area contributed by atoms with E-state index in [-0.39, 0.29) is 5.91 Å². The highest BCUT2D eigenvalue weighted by Gasteiger charge is 2.08. The molecular weight excluding hydrogens is 276 g/mol. The Balaban J connectivity index is 1.76. The lowest BCUT2D eigenvalue weighted by Crippen LogP contribution is -2.28. The molecule has 22 heavy (non-hydrogen) atoms. The molecule has 0 unspecified atom stereocenters. The third-order valence-corrected chi connectivity index (χ3v) is 3.69. The second-order valence-corrected chi connectivity index (χ2v) is 6.18. The Hall–Kier alpha value is -1.91. The Morgan fingerprint density at radius 2 is 2.14 bits per heavy atom. The molecule has 1 heterocycles. The standard InChI is InChI=1S/C17H26N4O/c1-13(2)10-21-17(22)15-11-20-16(12-19-15)18-9-8-14-6-4-3-5-7-14/h6,11-13H,3-5,7-10H2,1-2H3,(H,18,20)(H,21,22). The first kappa shape index (κ1) is 16.5. The van der Waals surface area contributed by atoms with Gasteiger partial charge in [-0.1, -0.05) is 25.5 Å². The molecule has 0 atom stereocenters. The van der Waals surface area contributed by atoms with Crippen LogP contribution in [0.25, 0.3) is 0 Å². The zero-order valence-corrected chi connectivity index (χ0v) is 13.6. The van der Waals surface area contributed by atoms with Crippen LogP contribution in [0.2, 0.25) is 0 Å². The third kappa shape index (κ3) is 5.47. The molecule has 5 nitrogen and oxygen atoms in total. The molecule has 0 spiro atoms. The van der Waals surface area contributed by atoms with Gasteiger partial charge in [-0.2, -0.15) is 0 Å². The van der Waals surface area contributed by atoms with Gasteiger partial charge in [0.05, 0.1) is 12.4 Å². The summed E-state index contributed by atoms with van der Waals surface area (Å²) in [5, 5.41) is 6.10. The number of aromatic nitrogens is 2. The number of hydrogen-bond acceptors (Lipinski definition) is 4. The Kier molecular flexibility index (Phi) is 6.37. The molecule has 2 N–H and O–H groups in total. The predicted octanol–water partition coefficient (Wildman–Crippen LogP) is 3.16. The molecule has 1 aromatic heterocycles. The van der Waals surface area contributed by atoms with Crippen molar-refractivity contribution in [1.82, 2.24) is 15.3 Å². The quantitative estimate of drug-likeness (QED) is 0.759. The van der Waals surface area contributed by atoms with Crippen molar-refractivity contribution in [3.05, 3.63) is 29.7 Å². The van der Waals surface area contributed by atoms with Crippen molar-refractivity contribution < 1.29 is 4.79 Å². The van der Waals surface area contributed by atoms with Gasteiger partial charge in [0.15, 0.2) is 0 Å². The minimum atomic E-state index is -0.167. The molecular formula is C17H26N4O. The number of hydrogen-bond donors (Lipinski definition) is 2. The number of amides is 1. The van der Waals surface area contributed by atoms with Crippen molar-refractivity contribution in [2.24, 2.45) is 5.92 Å². The molecule has 120 valence electrons. The number of carbonyl (C=O) groups excluding carboxylic acids is 1. The second kappa shape index (κ2) is 8.51. The van der Waals surface area contributed by atoms with Gasteiger partial charge in [-0.3, -0.25) is 4.79 Å². The number of nitrogens with zero attached hydrogens (tertiary/aromatic N) is 2. The lowest BCUT2D eigenvalue weighted by Gasteiger charge is -2.13. The zero-order valence-electron chi connectivity index (χ0n) is 13.6. The molecule has 0 aliphatic heterocycles. The average Bonchev–Trinajstić information content (AvgIpc) is 2.54. The van der Waals surface area contributed by atoms with Crippen molar-refractivity contribution in [1.29, 1.82) is 0 Å². The van der Waals surface area contributed by atoms with Crippen LogP contribution >= 0.6 is 0 Å². The molecule has 5 heteroatoms. The van der Waals surface area contributed by atoms with Crippen LogP contribution in [0.5, 0.6) is 0 Å². The highest BCUT2D eigenvalue weighted by Crippen LogP contribution is 2.19. The summed E-state index contributed by atoms with van der Waals surface area (Å²) in [4.78, 5) is 20.3. The van der Waals surface area contributed by atoms with Crippen LogP contribution in [0.3, 0.4) is 0 Å². The highest BCUT2D eigenvalue weighted by atomic mass is 16.1. The molecule has 1 aliphatic rings. The van der Waals surface area contributed by atoms with Crippen molar-refractivity contribution in [2.75, 3.05) is 18.4 Å². The summed E-state index contributed by atoms with van der Waals surface area (Å²) < 4.78 is 0. The Labute approximate surface area is 132 Å². The predicted molar refractivity (Wildman–Crippen MR) is 88.9 cm³/mol. The van der Waals surface area contributed by atoms with Gasteiger partial charge in [0.2, 0.25) is 0 Å². The van der Waals surface area contributed by atoms with Gasteiger partial charge < -0.3 is 10.6 Å². The third-order valence-electron chi connectivity index (χ3n) is 3.69. The van der Waals surface area contributed by atoms with Crippen molar-refractivity contribution >= 4 is 11.7 Å². The number of nitrogens with one attached hydrogen (secondary N) is 2. The van der Waals surface area contributed by atoms with E-state index >= 15 is 0 Å². The fraction of sp³-hybridized carbons (Fsp3) is 0.588. The van der Waals surface area contributed by atoms with Gasteiger partial charge in [-0.15, -0.1) is 0 Å². The lowest BCUT2D eigenvalue weighted by molar-refractivity contribution is 0.0943. The van der Waals surface area contributed by atoms with Gasteiger partial charge in [0.1, 0.15) is 11.5 Å². The minimum Gasteiger partial charge on any atom is -0.368 e. The van der Waals surface area contributed by atoms with Crippen LogP contribution in [0, 0.1) is 5.92 Å². The normalized spacial score (nSPS) is 14.6. The summed E-state index contributed by atoms with van der Waals surface area (Å²) in [7, 11) is 0. The molecule has 0 radical (unpaired) electrons. The van der Waals surface area contributed by atoms with E-state index in [2.05, 4.69) is 40.5 Å². The zero-order chi connectivity index (χ0) is 15.8. The van der Waals surface area contributed by atoms with E-state index in [1.54, 1.807) is 6.20 Å². The smallest absolute Gasteiger partial charge is 0.271 e. The van der Waals surface area contributed by atoms with Crippen molar-refractivity contribution in [3.63, 3.8) is 0 Å². The van der Waals surface area contributed by atoms with E-state index < -0.39 is 0 Å². The molecule has 0 fully saturated rings. The largest absolute Gasteiger partial charge is 0.368 e. The monoisotopic (exact) mass is 302 g/mol. The van der Waals surface area contributed by atoms with Crippen LogP contribution in [0.15, 0.2) is 24.0 Å². The molecule has 1 amide bonds. The number of allylic oxidation sites excluding steroid dienone is 1. The average molecular weight is 302 g/mol. The van der Waals surface area contributed by atoms with Gasteiger partial charge in [0.25, 0.3) is 5.91 Å². The van der Waals surface area contributed by atoms with Crippen LogP contribution in [0.4, 0.5) is 5.82 Å². The maximum atomic E-state index is 11.8. The maximum Gasteiger partial charge on any atom is 0.271 e. The van der Waals surface area contributed by atoms with Crippen LogP contribution in [-0.4, -0.2) is 29.0 Å². The van der Waals surface area contributed by atoms with Crippen molar-refractivity contribution in [3.8, 4) is 0 Å². The van der Waals surface area contributed by atoms with E-state index in [1.807, 2.05) is 0 Å². The first-order chi connectivity index (χ1) is 10.6. The summed E-state index contributed by atoms with van der Waals surface area (Å²) in [6, 6.07) is 0. The van der Waals surface area contributed by atoms with E-state index in [1.165, 1.54) is 37.5 Å².